The van der Waals surface area contributed by atoms with Gasteiger partial charge in [-0.05, 0) is 24.1 Å². The van der Waals surface area contributed by atoms with Crippen molar-refractivity contribution in [3.63, 3.8) is 0 Å². The Morgan fingerprint density at radius 2 is 1.57 bits per heavy atom. The van der Waals surface area contributed by atoms with E-state index in [1.54, 1.807) is 0 Å². The van der Waals surface area contributed by atoms with Gasteiger partial charge in [-0.1, -0.05) is 48.5 Å². The molecule has 2 rings (SSSR count). The van der Waals surface area contributed by atoms with Gasteiger partial charge < -0.3 is 10.6 Å². The molecule has 0 radical (unpaired) electrons. The molecule has 0 unspecified atom stereocenters. The van der Waals surface area contributed by atoms with Crippen molar-refractivity contribution >= 4 is 17.5 Å². The molecule has 0 aliphatic rings. The van der Waals surface area contributed by atoms with Crippen molar-refractivity contribution in [2.75, 3.05) is 5.32 Å². The predicted molar refractivity (Wildman–Crippen MR) is 82.7 cm³/mol. The van der Waals surface area contributed by atoms with Crippen LogP contribution in [0.5, 0.6) is 0 Å². The van der Waals surface area contributed by atoms with Crippen LogP contribution in [0.1, 0.15) is 17.5 Å². The summed E-state index contributed by atoms with van der Waals surface area (Å²) >= 11 is 0. The number of para-hydroxylation sites is 1. The number of nitrogens with one attached hydrogen (secondary N) is 2. The number of hydrogen-bond donors (Lipinski definition) is 2. The molecule has 0 aliphatic carbocycles. The van der Waals surface area contributed by atoms with Crippen LogP contribution < -0.4 is 10.6 Å². The summed E-state index contributed by atoms with van der Waals surface area (Å²) in [4.78, 5) is 23.5. The Hall–Kier alpha value is -2.62. The molecule has 0 saturated carbocycles. The average Bonchev–Trinajstić information content (AvgIpc) is 2.48. The van der Waals surface area contributed by atoms with Gasteiger partial charge in [-0.3, -0.25) is 9.59 Å². The Kier molecular flexibility index (Phi) is 5.10. The molecule has 0 heterocycles. The minimum absolute atomic E-state index is 0.179. The van der Waals surface area contributed by atoms with Crippen LogP contribution in [-0.4, -0.2) is 11.8 Å². The van der Waals surface area contributed by atoms with Crippen LogP contribution in [0.3, 0.4) is 0 Å². The molecule has 21 heavy (non-hydrogen) atoms. The Morgan fingerprint density at radius 1 is 0.905 bits per heavy atom. The normalized spacial score (nSPS) is 9.95. The number of aryl methyl sites for hydroxylation is 1. The van der Waals surface area contributed by atoms with Gasteiger partial charge in [0.15, 0.2) is 0 Å². The maximum absolute atomic E-state index is 11.8. The molecule has 4 heteroatoms. The molecule has 2 amide bonds. The molecular formula is C17H18N2O2. The number of carbonyl (C=O) groups excluding carboxylic acids is 2. The highest BCUT2D eigenvalue weighted by Gasteiger charge is 2.10. The summed E-state index contributed by atoms with van der Waals surface area (Å²) in [7, 11) is 0. The summed E-state index contributed by atoms with van der Waals surface area (Å²) in [5.74, 6) is -0.597. The Bertz CT molecular complexity index is 624. The minimum atomic E-state index is -0.310. The fourth-order valence-corrected chi connectivity index (χ4v) is 1.91. The summed E-state index contributed by atoms with van der Waals surface area (Å²) in [6, 6.07) is 17.1. The number of benzene rings is 2. The van der Waals surface area contributed by atoms with Gasteiger partial charge in [0.1, 0.15) is 6.42 Å². The van der Waals surface area contributed by atoms with E-state index in [1.807, 2.05) is 61.5 Å². The van der Waals surface area contributed by atoms with Crippen molar-refractivity contribution in [3.8, 4) is 0 Å². The topological polar surface area (TPSA) is 58.2 Å². The SMILES string of the molecule is Cc1ccccc1NC(=O)CC(=O)NCc1ccccc1. The first-order valence-electron chi connectivity index (χ1n) is 6.81. The summed E-state index contributed by atoms with van der Waals surface area (Å²) in [6.07, 6.45) is -0.179. The first kappa shape index (κ1) is 14.8. The molecular weight excluding hydrogens is 264 g/mol. The highest BCUT2D eigenvalue weighted by atomic mass is 16.2. The van der Waals surface area contributed by atoms with Crippen LogP contribution in [-0.2, 0) is 16.1 Å². The second-order valence-corrected chi connectivity index (χ2v) is 4.80. The summed E-state index contributed by atoms with van der Waals surface area (Å²) < 4.78 is 0. The van der Waals surface area contributed by atoms with Gasteiger partial charge in [0, 0.05) is 12.2 Å². The first-order valence-corrected chi connectivity index (χ1v) is 6.81. The standard InChI is InChI=1S/C17H18N2O2/c1-13-7-5-6-10-15(13)19-17(21)11-16(20)18-12-14-8-3-2-4-9-14/h2-10H,11-12H2,1H3,(H,18,20)(H,19,21). The number of anilines is 1. The second kappa shape index (κ2) is 7.24. The van der Waals surface area contributed by atoms with E-state index in [0.29, 0.717) is 6.54 Å². The van der Waals surface area contributed by atoms with E-state index in [1.165, 1.54) is 0 Å². The van der Waals surface area contributed by atoms with Gasteiger partial charge in [0.2, 0.25) is 11.8 Å². The molecule has 0 atom stereocenters. The number of carbonyl (C=O) groups is 2. The van der Waals surface area contributed by atoms with E-state index in [2.05, 4.69) is 10.6 Å². The summed E-state index contributed by atoms with van der Waals surface area (Å²) in [5.41, 5.74) is 2.71. The number of rotatable bonds is 5. The third-order valence-corrected chi connectivity index (χ3v) is 3.07. The van der Waals surface area contributed by atoms with Gasteiger partial charge in [-0.15, -0.1) is 0 Å². The third kappa shape index (κ3) is 4.76. The molecule has 0 fully saturated rings. The monoisotopic (exact) mass is 282 g/mol. The molecule has 2 aromatic rings. The van der Waals surface area contributed by atoms with Gasteiger partial charge >= 0.3 is 0 Å². The fraction of sp³-hybridized carbons (Fsp3) is 0.176. The quantitative estimate of drug-likeness (QED) is 0.828. The van der Waals surface area contributed by atoms with Crippen molar-refractivity contribution in [1.82, 2.24) is 5.32 Å². The second-order valence-electron chi connectivity index (χ2n) is 4.80. The van der Waals surface area contributed by atoms with E-state index in [0.717, 1.165) is 16.8 Å². The maximum Gasteiger partial charge on any atom is 0.233 e. The lowest BCUT2D eigenvalue weighted by atomic mass is 10.2. The smallest absolute Gasteiger partial charge is 0.233 e. The average molecular weight is 282 g/mol. The molecule has 2 aromatic carbocycles. The van der Waals surface area contributed by atoms with Crippen LogP contribution in [0.4, 0.5) is 5.69 Å². The summed E-state index contributed by atoms with van der Waals surface area (Å²) in [6.45, 7) is 2.34. The van der Waals surface area contributed by atoms with Crippen LogP contribution in [0.15, 0.2) is 54.6 Å². The number of hydrogen-bond acceptors (Lipinski definition) is 2. The minimum Gasteiger partial charge on any atom is -0.352 e. The van der Waals surface area contributed by atoms with Gasteiger partial charge in [-0.25, -0.2) is 0 Å². The van der Waals surface area contributed by atoms with Crippen LogP contribution >= 0.6 is 0 Å². The first-order chi connectivity index (χ1) is 10.1. The lowest BCUT2D eigenvalue weighted by Gasteiger charge is -2.08. The van der Waals surface area contributed by atoms with E-state index in [9.17, 15) is 9.59 Å². The van der Waals surface area contributed by atoms with Gasteiger partial charge in [-0.2, -0.15) is 0 Å². The van der Waals surface area contributed by atoms with Crippen molar-refractivity contribution in [1.29, 1.82) is 0 Å². The Labute approximate surface area is 124 Å². The van der Waals surface area contributed by atoms with Crippen LogP contribution in [0.2, 0.25) is 0 Å². The Morgan fingerprint density at radius 3 is 2.29 bits per heavy atom. The largest absolute Gasteiger partial charge is 0.352 e. The molecule has 4 nitrogen and oxygen atoms in total. The molecule has 0 bridgehead atoms. The lowest BCUT2D eigenvalue weighted by molar-refractivity contribution is -0.126. The van der Waals surface area contributed by atoms with E-state index in [4.69, 9.17) is 0 Å². The Balaban J connectivity index is 1.80. The van der Waals surface area contributed by atoms with Gasteiger partial charge in [0.05, 0.1) is 0 Å². The van der Waals surface area contributed by atoms with E-state index in [-0.39, 0.29) is 18.2 Å². The molecule has 0 aliphatic heterocycles. The highest BCUT2D eigenvalue weighted by molar-refractivity contribution is 6.03. The zero-order chi connectivity index (χ0) is 15.1. The molecule has 2 N–H and O–H groups in total. The molecule has 108 valence electrons. The zero-order valence-corrected chi connectivity index (χ0v) is 11.9. The maximum atomic E-state index is 11.8. The van der Waals surface area contributed by atoms with E-state index < -0.39 is 0 Å². The van der Waals surface area contributed by atoms with Crippen molar-refractivity contribution in [2.45, 2.75) is 19.9 Å². The van der Waals surface area contributed by atoms with Crippen molar-refractivity contribution < 1.29 is 9.59 Å². The van der Waals surface area contributed by atoms with Crippen LogP contribution in [0.25, 0.3) is 0 Å². The lowest BCUT2D eigenvalue weighted by Crippen LogP contribution is -2.27. The number of amides is 2. The molecule has 0 spiro atoms. The third-order valence-electron chi connectivity index (χ3n) is 3.07. The van der Waals surface area contributed by atoms with Crippen molar-refractivity contribution in [2.24, 2.45) is 0 Å². The van der Waals surface area contributed by atoms with Crippen molar-refractivity contribution in [3.05, 3.63) is 65.7 Å². The van der Waals surface area contributed by atoms with E-state index >= 15 is 0 Å². The fourth-order valence-electron chi connectivity index (χ4n) is 1.91. The zero-order valence-electron chi connectivity index (χ0n) is 11.9. The van der Waals surface area contributed by atoms with Gasteiger partial charge in [0.25, 0.3) is 0 Å². The molecule has 0 aromatic heterocycles. The summed E-state index contributed by atoms with van der Waals surface area (Å²) in [5, 5.41) is 5.47. The predicted octanol–water partition coefficient (Wildman–Crippen LogP) is 2.64. The molecule has 0 saturated heterocycles. The van der Waals surface area contributed by atoms with Crippen LogP contribution in [0, 0.1) is 6.92 Å². The highest BCUT2D eigenvalue weighted by Crippen LogP contribution is 2.13.